The van der Waals surface area contributed by atoms with E-state index in [4.69, 9.17) is 39.8 Å². The molecular formula is C22H15Cl2N3O2S. The van der Waals surface area contributed by atoms with Crippen LogP contribution in [-0.4, -0.2) is 16.0 Å². The fourth-order valence-electron chi connectivity index (χ4n) is 2.99. The van der Waals surface area contributed by atoms with Gasteiger partial charge in [-0.25, -0.2) is 4.98 Å². The number of carbonyl (C=O) groups excluding carboxylic acids is 1. The lowest BCUT2D eigenvalue weighted by molar-refractivity contribution is 0.0978. The number of benzene rings is 3. The molecule has 1 amide bonds. The molecule has 0 saturated heterocycles. The van der Waals surface area contributed by atoms with Crippen LogP contribution in [0.1, 0.15) is 15.9 Å². The van der Waals surface area contributed by atoms with E-state index >= 15 is 0 Å². The van der Waals surface area contributed by atoms with Crippen molar-refractivity contribution >= 4 is 63.2 Å². The topological polar surface area (TPSA) is 67.2 Å². The maximum absolute atomic E-state index is 12.5. The maximum atomic E-state index is 12.5. The third-order valence-corrected chi connectivity index (χ3v) is 5.26. The Balaban J connectivity index is 1.54. The summed E-state index contributed by atoms with van der Waals surface area (Å²) in [5.41, 5.74) is 4.21. The van der Waals surface area contributed by atoms with E-state index in [-0.39, 0.29) is 15.7 Å². The minimum absolute atomic E-state index is 0.142. The molecule has 0 spiro atoms. The van der Waals surface area contributed by atoms with Crippen molar-refractivity contribution in [2.45, 2.75) is 6.92 Å². The molecule has 0 fully saturated rings. The molecule has 5 nitrogen and oxygen atoms in total. The van der Waals surface area contributed by atoms with Crippen LogP contribution in [0, 0.1) is 6.92 Å². The van der Waals surface area contributed by atoms with E-state index in [0.717, 1.165) is 22.3 Å². The molecule has 30 heavy (non-hydrogen) atoms. The molecule has 8 heteroatoms. The van der Waals surface area contributed by atoms with E-state index in [0.29, 0.717) is 16.5 Å². The molecule has 4 rings (SSSR count). The number of aromatic nitrogens is 1. The summed E-state index contributed by atoms with van der Waals surface area (Å²) >= 11 is 17.3. The smallest absolute Gasteiger partial charge is 0.258 e. The average Bonchev–Trinajstić information content (AvgIpc) is 3.13. The molecule has 0 aliphatic heterocycles. The first-order chi connectivity index (χ1) is 14.4. The molecule has 0 saturated carbocycles. The lowest BCUT2D eigenvalue weighted by Crippen LogP contribution is -2.34. The second-order valence-corrected chi connectivity index (χ2v) is 7.75. The molecule has 0 bridgehead atoms. The standard InChI is InChI=1S/C22H15Cl2N3O2S/c1-12-14(21-25-18-6-2-3-8-19(18)29-21)5-4-7-17(12)26-22(30)27-20(28)15-10-9-13(23)11-16(15)24/h2-11H,1H3,(H2,26,27,28,30). The van der Waals surface area contributed by atoms with E-state index in [9.17, 15) is 4.79 Å². The molecule has 0 radical (unpaired) electrons. The molecule has 4 aromatic rings. The predicted molar refractivity (Wildman–Crippen MR) is 124 cm³/mol. The summed E-state index contributed by atoms with van der Waals surface area (Å²) in [6, 6.07) is 17.8. The summed E-state index contributed by atoms with van der Waals surface area (Å²) in [5.74, 6) is 0.0853. The summed E-state index contributed by atoms with van der Waals surface area (Å²) in [6.07, 6.45) is 0. The third-order valence-electron chi connectivity index (χ3n) is 4.51. The van der Waals surface area contributed by atoms with Gasteiger partial charge >= 0.3 is 0 Å². The minimum Gasteiger partial charge on any atom is -0.436 e. The molecule has 1 heterocycles. The van der Waals surface area contributed by atoms with Crippen molar-refractivity contribution in [1.29, 1.82) is 0 Å². The van der Waals surface area contributed by atoms with Gasteiger partial charge in [-0.15, -0.1) is 0 Å². The highest BCUT2D eigenvalue weighted by Gasteiger charge is 2.15. The van der Waals surface area contributed by atoms with Crippen LogP contribution in [-0.2, 0) is 0 Å². The van der Waals surface area contributed by atoms with Crippen LogP contribution in [0.3, 0.4) is 0 Å². The van der Waals surface area contributed by atoms with E-state index in [1.807, 2.05) is 49.4 Å². The van der Waals surface area contributed by atoms with Crippen LogP contribution < -0.4 is 10.6 Å². The molecule has 3 aromatic carbocycles. The number of para-hydroxylation sites is 2. The van der Waals surface area contributed by atoms with Crippen LogP contribution in [0.4, 0.5) is 5.69 Å². The second-order valence-electron chi connectivity index (χ2n) is 6.50. The van der Waals surface area contributed by atoms with Gasteiger partial charge in [0.25, 0.3) is 5.91 Å². The Morgan fingerprint density at radius 2 is 1.87 bits per heavy atom. The van der Waals surface area contributed by atoms with E-state index in [2.05, 4.69) is 15.6 Å². The predicted octanol–water partition coefficient (Wildman–Crippen LogP) is 6.24. The largest absolute Gasteiger partial charge is 0.436 e. The number of carbonyl (C=O) groups is 1. The lowest BCUT2D eigenvalue weighted by Gasteiger charge is -2.14. The molecule has 0 atom stereocenters. The van der Waals surface area contributed by atoms with Crippen molar-refractivity contribution in [3.05, 3.63) is 81.8 Å². The zero-order valence-electron chi connectivity index (χ0n) is 15.7. The number of amides is 1. The Hall–Kier alpha value is -2.93. The average molecular weight is 456 g/mol. The number of fused-ring (bicyclic) bond motifs is 1. The van der Waals surface area contributed by atoms with Crippen LogP contribution in [0.5, 0.6) is 0 Å². The molecule has 2 N–H and O–H groups in total. The lowest BCUT2D eigenvalue weighted by atomic mass is 10.1. The van der Waals surface area contributed by atoms with Crippen molar-refractivity contribution in [2.24, 2.45) is 0 Å². The Kier molecular flexibility index (Phi) is 5.72. The van der Waals surface area contributed by atoms with Gasteiger partial charge in [-0.1, -0.05) is 41.4 Å². The fourth-order valence-corrected chi connectivity index (χ4v) is 3.68. The SMILES string of the molecule is Cc1c(NC(=S)NC(=O)c2ccc(Cl)cc2Cl)cccc1-c1nc2ccccc2o1. The van der Waals surface area contributed by atoms with Crippen LogP contribution in [0.25, 0.3) is 22.6 Å². The van der Waals surface area contributed by atoms with Crippen LogP contribution in [0.15, 0.2) is 65.1 Å². The highest BCUT2D eigenvalue weighted by molar-refractivity contribution is 7.80. The highest BCUT2D eigenvalue weighted by atomic mass is 35.5. The first kappa shape index (κ1) is 20.3. The van der Waals surface area contributed by atoms with Crippen LogP contribution >= 0.6 is 35.4 Å². The Labute approximate surface area is 188 Å². The van der Waals surface area contributed by atoms with Crippen molar-refractivity contribution in [2.75, 3.05) is 5.32 Å². The van der Waals surface area contributed by atoms with Gasteiger partial charge < -0.3 is 9.73 Å². The van der Waals surface area contributed by atoms with Gasteiger partial charge in [-0.2, -0.15) is 0 Å². The van der Waals surface area contributed by atoms with Crippen molar-refractivity contribution in [3.63, 3.8) is 0 Å². The second kappa shape index (κ2) is 8.44. The van der Waals surface area contributed by atoms with Gasteiger partial charge in [0, 0.05) is 16.3 Å². The summed E-state index contributed by atoms with van der Waals surface area (Å²) in [5, 5.41) is 6.51. The number of halogens is 2. The molecular weight excluding hydrogens is 441 g/mol. The van der Waals surface area contributed by atoms with Gasteiger partial charge in [0.05, 0.1) is 10.6 Å². The summed E-state index contributed by atoms with van der Waals surface area (Å²) in [4.78, 5) is 17.0. The van der Waals surface area contributed by atoms with Gasteiger partial charge in [0.1, 0.15) is 5.52 Å². The zero-order chi connectivity index (χ0) is 21.3. The van der Waals surface area contributed by atoms with E-state index in [1.54, 1.807) is 12.1 Å². The highest BCUT2D eigenvalue weighted by Crippen LogP contribution is 2.30. The Bertz CT molecular complexity index is 1250. The van der Waals surface area contributed by atoms with Crippen molar-refractivity contribution in [1.82, 2.24) is 10.3 Å². The number of oxazole rings is 1. The fraction of sp³-hybridized carbons (Fsp3) is 0.0455. The maximum Gasteiger partial charge on any atom is 0.258 e. The van der Waals surface area contributed by atoms with E-state index < -0.39 is 5.91 Å². The minimum atomic E-state index is -0.429. The number of thiocarbonyl (C=S) groups is 1. The molecule has 1 aromatic heterocycles. The number of anilines is 1. The summed E-state index contributed by atoms with van der Waals surface area (Å²) < 4.78 is 5.87. The van der Waals surface area contributed by atoms with Gasteiger partial charge in [-0.05, 0) is 67.2 Å². The number of hydrogen-bond donors (Lipinski definition) is 2. The van der Waals surface area contributed by atoms with Gasteiger partial charge in [0.2, 0.25) is 5.89 Å². The number of rotatable bonds is 3. The molecule has 0 unspecified atom stereocenters. The summed E-state index contributed by atoms with van der Waals surface area (Å²) in [6.45, 7) is 1.92. The normalized spacial score (nSPS) is 10.8. The van der Waals surface area contributed by atoms with Crippen molar-refractivity contribution < 1.29 is 9.21 Å². The number of nitrogens with one attached hydrogen (secondary N) is 2. The monoisotopic (exact) mass is 455 g/mol. The zero-order valence-corrected chi connectivity index (χ0v) is 18.0. The van der Waals surface area contributed by atoms with E-state index in [1.165, 1.54) is 6.07 Å². The first-order valence-electron chi connectivity index (χ1n) is 8.95. The molecule has 0 aliphatic carbocycles. The summed E-state index contributed by atoms with van der Waals surface area (Å²) in [7, 11) is 0. The van der Waals surface area contributed by atoms with Gasteiger partial charge in [0.15, 0.2) is 10.7 Å². The number of hydrogen-bond acceptors (Lipinski definition) is 4. The third kappa shape index (κ3) is 4.16. The van der Waals surface area contributed by atoms with Crippen LogP contribution in [0.2, 0.25) is 10.0 Å². The molecule has 0 aliphatic rings. The van der Waals surface area contributed by atoms with Crippen molar-refractivity contribution in [3.8, 4) is 11.5 Å². The Morgan fingerprint density at radius 1 is 1.07 bits per heavy atom. The number of nitrogens with zero attached hydrogens (tertiary/aromatic N) is 1. The van der Waals surface area contributed by atoms with Gasteiger partial charge in [-0.3, -0.25) is 10.1 Å². The quantitative estimate of drug-likeness (QED) is 0.358. The Morgan fingerprint density at radius 3 is 2.63 bits per heavy atom. The molecule has 150 valence electrons. The first-order valence-corrected chi connectivity index (χ1v) is 10.1.